The molecular weight excluding hydrogens is 164 g/mol. The van der Waals surface area contributed by atoms with Gasteiger partial charge >= 0.3 is 0 Å². The maximum atomic E-state index is 11.0. The van der Waals surface area contributed by atoms with E-state index in [0.717, 1.165) is 5.56 Å². The highest BCUT2D eigenvalue weighted by Crippen LogP contribution is 1.97. The van der Waals surface area contributed by atoms with Crippen molar-refractivity contribution in [2.75, 3.05) is 7.05 Å². The third-order valence-corrected chi connectivity index (χ3v) is 1.37. The monoisotopic (exact) mass is 180 g/mol. The minimum absolute atomic E-state index is 0.148. The van der Waals surface area contributed by atoms with Gasteiger partial charge < -0.3 is 5.32 Å². The highest BCUT2D eigenvalue weighted by atomic mass is 16.1. The molecule has 0 radical (unpaired) electrons. The molecule has 0 aromatic carbocycles. The van der Waals surface area contributed by atoms with Crippen molar-refractivity contribution in [2.24, 2.45) is 0 Å². The van der Waals surface area contributed by atoms with Crippen molar-refractivity contribution in [3.63, 3.8) is 0 Å². The fourth-order valence-electron chi connectivity index (χ4n) is 0.730. The number of hydrogen-bond donors (Lipinski definition) is 1. The zero-order chi connectivity index (χ0) is 10.3. The predicted octanol–water partition coefficient (Wildman–Crippen LogP) is 1.78. The summed E-state index contributed by atoms with van der Waals surface area (Å²) in [6.45, 7) is 5.93. The number of carbonyl (C=O) groups is 1. The van der Waals surface area contributed by atoms with E-state index in [1.807, 2.05) is 26.8 Å². The molecule has 0 aliphatic rings. The molecule has 0 bridgehead atoms. The Morgan fingerprint density at radius 1 is 1.38 bits per heavy atom. The van der Waals surface area contributed by atoms with E-state index in [1.165, 1.54) is 0 Å². The lowest BCUT2D eigenvalue weighted by Gasteiger charge is -1.97. The van der Waals surface area contributed by atoms with Gasteiger partial charge in [-0.15, -0.1) is 0 Å². The van der Waals surface area contributed by atoms with Crippen LogP contribution in [0, 0.1) is 6.92 Å². The summed E-state index contributed by atoms with van der Waals surface area (Å²) in [5.41, 5.74) is 1.51. The molecule has 3 nitrogen and oxygen atoms in total. The molecule has 0 unspecified atom stereocenters. The van der Waals surface area contributed by atoms with E-state index in [-0.39, 0.29) is 5.91 Å². The standard InChI is InChI=1S/C8H10N2O.C2H6/c1-6-3-4-7(10-5-6)8(11)9-2;1-2/h3-5H,1-2H3,(H,9,11);1-2H3. The van der Waals surface area contributed by atoms with E-state index in [4.69, 9.17) is 0 Å². The lowest BCUT2D eigenvalue weighted by molar-refractivity contribution is 0.0958. The number of carbonyl (C=O) groups excluding carboxylic acids is 1. The van der Waals surface area contributed by atoms with Crippen LogP contribution in [-0.4, -0.2) is 17.9 Å². The summed E-state index contributed by atoms with van der Waals surface area (Å²) >= 11 is 0. The van der Waals surface area contributed by atoms with Crippen LogP contribution in [0.1, 0.15) is 29.9 Å². The van der Waals surface area contributed by atoms with Crippen LogP contribution in [0.3, 0.4) is 0 Å². The van der Waals surface area contributed by atoms with Gasteiger partial charge in [-0.25, -0.2) is 0 Å². The van der Waals surface area contributed by atoms with Crippen molar-refractivity contribution in [1.29, 1.82) is 0 Å². The molecule has 1 aromatic rings. The van der Waals surface area contributed by atoms with Gasteiger partial charge in [0.05, 0.1) is 0 Å². The van der Waals surface area contributed by atoms with E-state index >= 15 is 0 Å². The normalized spacial score (nSPS) is 8.31. The number of rotatable bonds is 1. The van der Waals surface area contributed by atoms with Crippen LogP contribution in [0.2, 0.25) is 0 Å². The molecule has 72 valence electrons. The van der Waals surface area contributed by atoms with E-state index < -0.39 is 0 Å². The van der Waals surface area contributed by atoms with Gasteiger partial charge in [0, 0.05) is 13.2 Å². The van der Waals surface area contributed by atoms with Crippen molar-refractivity contribution in [2.45, 2.75) is 20.8 Å². The number of hydrogen-bond acceptors (Lipinski definition) is 2. The maximum absolute atomic E-state index is 11.0. The molecule has 1 rings (SSSR count). The van der Waals surface area contributed by atoms with Crippen molar-refractivity contribution >= 4 is 5.91 Å². The molecule has 1 heterocycles. The van der Waals surface area contributed by atoms with E-state index in [0.29, 0.717) is 5.69 Å². The van der Waals surface area contributed by atoms with Gasteiger partial charge in [0.2, 0.25) is 0 Å². The second-order valence-electron chi connectivity index (χ2n) is 2.30. The van der Waals surface area contributed by atoms with Crippen LogP contribution in [0.4, 0.5) is 0 Å². The van der Waals surface area contributed by atoms with E-state index in [9.17, 15) is 4.79 Å². The Bertz CT molecular complexity index is 254. The van der Waals surface area contributed by atoms with Crippen molar-refractivity contribution in [3.05, 3.63) is 29.6 Å². The first-order valence-electron chi connectivity index (χ1n) is 4.39. The molecule has 1 N–H and O–H groups in total. The minimum atomic E-state index is -0.148. The highest BCUT2D eigenvalue weighted by Gasteiger charge is 2.01. The van der Waals surface area contributed by atoms with Crippen LogP contribution in [0.15, 0.2) is 18.3 Å². The maximum Gasteiger partial charge on any atom is 0.269 e. The van der Waals surface area contributed by atoms with Gasteiger partial charge in [-0.05, 0) is 18.6 Å². The van der Waals surface area contributed by atoms with Crippen molar-refractivity contribution in [1.82, 2.24) is 10.3 Å². The second-order valence-corrected chi connectivity index (χ2v) is 2.30. The Hall–Kier alpha value is -1.38. The summed E-state index contributed by atoms with van der Waals surface area (Å²) in [6, 6.07) is 3.56. The summed E-state index contributed by atoms with van der Waals surface area (Å²) in [5.74, 6) is -0.148. The fraction of sp³-hybridized carbons (Fsp3) is 0.400. The molecule has 0 atom stereocenters. The molecule has 0 aliphatic carbocycles. The molecule has 3 heteroatoms. The van der Waals surface area contributed by atoms with Crippen LogP contribution >= 0.6 is 0 Å². The molecule has 0 fully saturated rings. The van der Waals surface area contributed by atoms with Gasteiger partial charge in [-0.2, -0.15) is 0 Å². The summed E-state index contributed by atoms with van der Waals surface area (Å²) < 4.78 is 0. The van der Waals surface area contributed by atoms with E-state index in [1.54, 1.807) is 19.3 Å². The average Bonchev–Trinajstić information content (AvgIpc) is 2.21. The lowest BCUT2D eigenvalue weighted by atomic mass is 10.3. The number of nitrogens with zero attached hydrogens (tertiary/aromatic N) is 1. The molecular formula is C10H16N2O. The molecule has 0 saturated heterocycles. The SMILES string of the molecule is CC.CNC(=O)c1ccc(C)cn1. The Morgan fingerprint density at radius 2 is 2.00 bits per heavy atom. The Labute approximate surface area is 79.2 Å². The van der Waals surface area contributed by atoms with Gasteiger partial charge in [-0.3, -0.25) is 9.78 Å². The first-order valence-corrected chi connectivity index (χ1v) is 4.39. The average molecular weight is 180 g/mol. The van der Waals surface area contributed by atoms with Crippen molar-refractivity contribution in [3.8, 4) is 0 Å². The minimum Gasteiger partial charge on any atom is -0.354 e. The second kappa shape index (κ2) is 6.17. The van der Waals surface area contributed by atoms with E-state index in [2.05, 4.69) is 10.3 Å². The number of pyridine rings is 1. The lowest BCUT2D eigenvalue weighted by Crippen LogP contribution is -2.18. The zero-order valence-corrected chi connectivity index (χ0v) is 8.59. The van der Waals surface area contributed by atoms with Gasteiger partial charge in [0.25, 0.3) is 5.91 Å². The third-order valence-electron chi connectivity index (χ3n) is 1.37. The van der Waals surface area contributed by atoms with Crippen LogP contribution < -0.4 is 5.32 Å². The van der Waals surface area contributed by atoms with Crippen LogP contribution in [0.25, 0.3) is 0 Å². The van der Waals surface area contributed by atoms with Crippen LogP contribution in [-0.2, 0) is 0 Å². The number of aromatic nitrogens is 1. The van der Waals surface area contributed by atoms with Crippen LogP contribution in [0.5, 0.6) is 0 Å². The van der Waals surface area contributed by atoms with Crippen molar-refractivity contribution < 1.29 is 4.79 Å². The summed E-state index contributed by atoms with van der Waals surface area (Å²) in [4.78, 5) is 14.9. The fourth-order valence-corrected chi connectivity index (χ4v) is 0.730. The molecule has 1 amide bonds. The molecule has 0 aliphatic heterocycles. The zero-order valence-electron chi connectivity index (χ0n) is 8.59. The first-order chi connectivity index (χ1) is 6.24. The number of amides is 1. The number of nitrogens with one attached hydrogen (secondary N) is 1. The molecule has 0 saturated carbocycles. The van der Waals surface area contributed by atoms with Gasteiger partial charge in [0.15, 0.2) is 0 Å². The summed E-state index contributed by atoms with van der Waals surface area (Å²) in [7, 11) is 1.59. The molecule has 0 spiro atoms. The quantitative estimate of drug-likeness (QED) is 0.715. The Morgan fingerprint density at radius 3 is 2.38 bits per heavy atom. The summed E-state index contributed by atoms with van der Waals surface area (Å²) in [5, 5.41) is 2.50. The van der Waals surface area contributed by atoms with Gasteiger partial charge in [-0.1, -0.05) is 19.9 Å². The topological polar surface area (TPSA) is 42.0 Å². The smallest absolute Gasteiger partial charge is 0.269 e. The first kappa shape index (κ1) is 11.6. The summed E-state index contributed by atoms with van der Waals surface area (Å²) in [6.07, 6.45) is 1.67. The van der Waals surface area contributed by atoms with Gasteiger partial charge in [0.1, 0.15) is 5.69 Å². The number of aryl methyl sites for hydroxylation is 1. The largest absolute Gasteiger partial charge is 0.354 e. The molecule has 13 heavy (non-hydrogen) atoms. The predicted molar refractivity (Wildman–Crippen MR) is 53.7 cm³/mol. The Kier molecular flexibility index (Phi) is 5.52. The highest BCUT2D eigenvalue weighted by molar-refractivity contribution is 5.91. The Balaban J connectivity index is 0.000000671. The molecule has 1 aromatic heterocycles. The third kappa shape index (κ3) is 3.69.